The summed E-state index contributed by atoms with van der Waals surface area (Å²) in [4.78, 5) is 0. The van der Waals surface area contributed by atoms with Crippen LogP contribution in [0.15, 0.2) is 30.5 Å². The number of nitrogens with one attached hydrogen (secondary N) is 1. The molecule has 1 aromatic carbocycles. The van der Waals surface area contributed by atoms with E-state index in [0.717, 1.165) is 18.8 Å². The Bertz CT molecular complexity index is 488. The standard InChI is InChI=1S/C14H19N3O.ClH/c1-11-8-16-17(2)14(11)10-15-9-12-4-6-13(18-3)7-5-12;/h4-8,15H,9-10H2,1-3H3;1H. The van der Waals surface area contributed by atoms with Gasteiger partial charge in [0, 0.05) is 20.1 Å². The molecular formula is C14H20ClN3O. The Balaban J connectivity index is 0.00000180. The third-order valence-corrected chi connectivity index (χ3v) is 3.05. The van der Waals surface area contributed by atoms with Gasteiger partial charge in [-0.25, -0.2) is 0 Å². The van der Waals surface area contributed by atoms with Crippen LogP contribution in [0.5, 0.6) is 5.75 Å². The zero-order valence-electron chi connectivity index (χ0n) is 11.5. The summed E-state index contributed by atoms with van der Waals surface area (Å²) in [5, 5.41) is 7.65. The van der Waals surface area contributed by atoms with Gasteiger partial charge in [-0.1, -0.05) is 12.1 Å². The van der Waals surface area contributed by atoms with E-state index in [9.17, 15) is 0 Å². The second-order valence-corrected chi connectivity index (χ2v) is 4.35. The summed E-state index contributed by atoms with van der Waals surface area (Å²) in [5.74, 6) is 0.890. The van der Waals surface area contributed by atoms with Gasteiger partial charge in [0.2, 0.25) is 0 Å². The molecule has 1 aromatic heterocycles. The molecule has 0 unspecified atom stereocenters. The maximum atomic E-state index is 5.13. The van der Waals surface area contributed by atoms with Gasteiger partial charge < -0.3 is 10.1 Å². The molecule has 0 atom stereocenters. The Morgan fingerprint density at radius 2 is 1.89 bits per heavy atom. The summed E-state index contributed by atoms with van der Waals surface area (Å²) in [6, 6.07) is 8.10. The van der Waals surface area contributed by atoms with Gasteiger partial charge in [-0.05, 0) is 30.2 Å². The fourth-order valence-corrected chi connectivity index (χ4v) is 1.90. The molecule has 0 spiro atoms. The highest BCUT2D eigenvalue weighted by molar-refractivity contribution is 5.85. The lowest BCUT2D eigenvalue weighted by Gasteiger charge is -2.07. The van der Waals surface area contributed by atoms with Crippen molar-refractivity contribution in [2.45, 2.75) is 20.0 Å². The van der Waals surface area contributed by atoms with Gasteiger partial charge >= 0.3 is 0 Å². The normalized spacial score (nSPS) is 10.1. The largest absolute Gasteiger partial charge is 0.497 e. The van der Waals surface area contributed by atoms with Gasteiger partial charge in [0.1, 0.15) is 5.75 Å². The highest BCUT2D eigenvalue weighted by atomic mass is 35.5. The van der Waals surface area contributed by atoms with E-state index in [1.807, 2.05) is 30.1 Å². The molecule has 0 radical (unpaired) electrons. The van der Waals surface area contributed by atoms with Gasteiger partial charge in [-0.2, -0.15) is 5.10 Å². The summed E-state index contributed by atoms with van der Waals surface area (Å²) < 4.78 is 7.05. The van der Waals surface area contributed by atoms with Crippen LogP contribution in [-0.4, -0.2) is 16.9 Å². The summed E-state index contributed by atoms with van der Waals surface area (Å²) in [6.07, 6.45) is 1.89. The molecule has 1 N–H and O–H groups in total. The average molecular weight is 282 g/mol. The molecule has 0 aliphatic rings. The minimum Gasteiger partial charge on any atom is -0.497 e. The van der Waals surface area contributed by atoms with Crippen LogP contribution in [0.1, 0.15) is 16.8 Å². The Morgan fingerprint density at radius 1 is 1.21 bits per heavy atom. The first kappa shape index (κ1) is 15.5. The minimum absolute atomic E-state index is 0. The van der Waals surface area contributed by atoms with Crippen molar-refractivity contribution in [2.75, 3.05) is 7.11 Å². The second kappa shape index (κ2) is 7.16. The number of ether oxygens (including phenoxy) is 1. The molecule has 4 nitrogen and oxygen atoms in total. The molecule has 19 heavy (non-hydrogen) atoms. The summed E-state index contributed by atoms with van der Waals surface area (Å²) >= 11 is 0. The van der Waals surface area contributed by atoms with Gasteiger partial charge in [0.05, 0.1) is 19.0 Å². The quantitative estimate of drug-likeness (QED) is 0.915. The summed E-state index contributed by atoms with van der Waals surface area (Å²) in [5.41, 5.74) is 3.69. The van der Waals surface area contributed by atoms with E-state index in [2.05, 4.69) is 29.5 Å². The van der Waals surface area contributed by atoms with Crippen LogP contribution in [0.25, 0.3) is 0 Å². The number of nitrogens with zero attached hydrogens (tertiary/aromatic N) is 2. The van der Waals surface area contributed by atoms with Crippen molar-refractivity contribution in [1.29, 1.82) is 0 Å². The number of halogens is 1. The maximum absolute atomic E-state index is 5.13. The van der Waals surface area contributed by atoms with Crippen molar-refractivity contribution >= 4 is 12.4 Å². The SMILES string of the molecule is COc1ccc(CNCc2c(C)cnn2C)cc1.Cl. The molecular weight excluding hydrogens is 262 g/mol. The number of methoxy groups -OCH3 is 1. The monoisotopic (exact) mass is 281 g/mol. The van der Waals surface area contributed by atoms with Gasteiger partial charge in [-0.3, -0.25) is 4.68 Å². The third kappa shape index (κ3) is 3.98. The van der Waals surface area contributed by atoms with E-state index in [1.165, 1.54) is 16.8 Å². The fraction of sp³-hybridized carbons (Fsp3) is 0.357. The van der Waals surface area contributed by atoms with E-state index in [1.54, 1.807) is 7.11 Å². The van der Waals surface area contributed by atoms with Crippen molar-refractivity contribution in [3.63, 3.8) is 0 Å². The molecule has 0 saturated heterocycles. The van der Waals surface area contributed by atoms with Crippen LogP contribution in [0.2, 0.25) is 0 Å². The molecule has 0 bridgehead atoms. The van der Waals surface area contributed by atoms with E-state index >= 15 is 0 Å². The highest BCUT2D eigenvalue weighted by Gasteiger charge is 2.03. The molecule has 0 saturated carbocycles. The number of benzene rings is 1. The fourth-order valence-electron chi connectivity index (χ4n) is 1.90. The Hall–Kier alpha value is -1.52. The molecule has 0 aliphatic carbocycles. The Morgan fingerprint density at radius 3 is 2.42 bits per heavy atom. The van der Waals surface area contributed by atoms with E-state index in [0.29, 0.717) is 0 Å². The van der Waals surface area contributed by atoms with E-state index < -0.39 is 0 Å². The highest BCUT2D eigenvalue weighted by Crippen LogP contribution is 2.11. The zero-order valence-corrected chi connectivity index (χ0v) is 12.3. The van der Waals surface area contributed by atoms with E-state index in [4.69, 9.17) is 4.74 Å². The molecule has 1 heterocycles. The lowest BCUT2D eigenvalue weighted by molar-refractivity contribution is 0.414. The lowest BCUT2D eigenvalue weighted by atomic mass is 10.2. The first-order valence-corrected chi connectivity index (χ1v) is 6.02. The zero-order chi connectivity index (χ0) is 13.0. The van der Waals surface area contributed by atoms with E-state index in [-0.39, 0.29) is 12.4 Å². The molecule has 104 valence electrons. The second-order valence-electron chi connectivity index (χ2n) is 4.35. The number of aryl methyl sites for hydroxylation is 2. The predicted molar refractivity (Wildman–Crippen MR) is 78.7 cm³/mol. The first-order valence-electron chi connectivity index (χ1n) is 6.02. The predicted octanol–water partition coefficient (Wildman–Crippen LogP) is 2.45. The third-order valence-electron chi connectivity index (χ3n) is 3.05. The maximum Gasteiger partial charge on any atom is 0.118 e. The van der Waals surface area contributed by atoms with Crippen LogP contribution in [0, 0.1) is 6.92 Å². The lowest BCUT2D eigenvalue weighted by Crippen LogP contribution is -2.16. The van der Waals surface area contributed by atoms with Crippen LogP contribution >= 0.6 is 12.4 Å². The summed E-state index contributed by atoms with van der Waals surface area (Å²) in [6.45, 7) is 3.75. The topological polar surface area (TPSA) is 39.1 Å². The van der Waals surface area contributed by atoms with Crippen molar-refractivity contribution < 1.29 is 4.74 Å². The van der Waals surface area contributed by atoms with Crippen LogP contribution in [0.4, 0.5) is 0 Å². The first-order chi connectivity index (χ1) is 8.70. The van der Waals surface area contributed by atoms with Gasteiger partial charge in [0.25, 0.3) is 0 Å². The molecule has 2 aromatic rings. The molecule has 0 aliphatic heterocycles. The van der Waals surface area contributed by atoms with Crippen molar-refractivity contribution in [3.05, 3.63) is 47.3 Å². The average Bonchev–Trinajstić information content (AvgIpc) is 2.71. The number of hydrogen-bond donors (Lipinski definition) is 1. The molecule has 2 rings (SSSR count). The number of rotatable bonds is 5. The van der Waals surface area contributed by atoms with Gasteiger partial charge in [-0.15, -0.1) is 12.4 Å². The molecule has 5 heteroatoms. The Kier molecular flexibility index (Phi) is 5.86. The minimum atomic E-state index is 0. The Labute approximate surface area is 120 Å². The summed E-state index contributed by atoms with van der Waals surface area (Å²) in [7, 11) is 3.65. The number of aromatic nitrogens is 2. The molecule has 0 amide bonds. The van der Waals surface area contributed by atoms with Crippen LogP contribution < -0.4 is 10.1 Å². The van der Waals surface area contributed by atoms with Crippen LogP contribution in [0.3, 0.4) is 0 Å². The van der Waals surface area contributed by atoms with Crippen molar-refractivity contribution in [3.8, 4) is 5.75 Å². The van der Waals surface area contributed by atoms with Crippen molar-refractivity contribution in [1.82, 2.24) is 15.1 Å². The molecule has 0 fully saturated rings. The smallest absolute Gasteiger partial charge is 0.118 e. The van der Waals surface area contributed by atoms with Crippen molar-refractivity contribution in [2.24, 2.45) is 7.05 Å². The van der Waals surface area contributed by atoms with Crippen LogP contribution in [-0.2, 0) is 20.1 Å². The van der Waals surface area contributed by atoms with Gasteiger partial charge in [0.15, 0.2) is 0 Å². The number of hydrogen-bond acceptors (Lipinski definition) is 3.